The Morgan fingerprint density at radius 1 is 1.33 bits per heavy atom. The van der Waals surface area contributed by atoms with Crippen LogP contribution in [0.25, 0.3) is 10.8 Å². The average Bonchev–Trinajstić information content (AvgIpc) is 2.53. The Balaban J connectivity index is 1.90. The third-order valence-corrected chi connectivity index (χ3v) is 4.05. The minimum Gasteiger partial charge on any atom is -0.367 e. The lowest BCUT2D eigenvalue weighted by Crippen LogP contribution is -2.48. The number of nitrogens with zero attached hydrogens (tertiary/aromatic N) is 2. The van der Waals surface area contributed by atoms with Crippen LogP contribution in [0.4, 0.5) is 0 Å². The van der Waals surface area contributed by atoms with Gasteiger partial charge in [-0.05, 0) is 19.2 Å². The summed E-state index contributed by atoms with van der Waals surface area (Å²) in [6.45, 7) is 6.43. The molecule has 3 rings (SSSR count). The zero-order chi connectivity index (χ0) is 14.8. The van der Waals surface area contributed by atoms with Crippen molar-refractivity contribution in [2.45, 2.75) is 26.0 Å². The zero-order valence-electron chi connectivity index (χ0n) is 12.5. The van der Waals surface area contributed by atoms with Crippen LogP contribution < -0.4 is 0 Å². The summed E-state index contributed by atoms with van der Waals surface area (Å²) in [5, 5.41) is 1.93. The molecule has 0 radical (unpaired) electrons. The molecule has 1 aromatic carbocycles. The second-order valence-corrected chi connectivity index (χ2v) is 5.72. The number of hydrogen-bond acceptors (Lipinski definition) is 4. The summed E-state index contributed by atoms with van der Waals surface area (Å²) in [5.41, 5.74) is 0.656. The molecule has 1 saturated heterocycles. The molecule has 2 heterocycles. The number of hydrogen-bond donors (Lipinski definition) is 0. The van der Waals surface area contributed by atoms with Gasteiger partial charge in [-0.25, -0.2) is 0 Å². The van der Waals surface area contributed by atoms with Gasteiger partial charge in [-0.3, -0.25) is 14.7 Å². The summed E-state index contributed by atoms with van der Waals surface area (Å²) in [4.78, 5) is 19.3. The smallest absolute Gasteiger partial charge is 0.195 e. The molecule has 0 amide bonds. The van der Waals surface area contributed by atoms with Crippen LogP contribution in [0.5, 0.6) is 0 Å². The molecule has 1 unspecified atom stereocenters. The summed E-state index contributed by atoms with van der Waals surface area (Å²) in [7, 11) is 0. The van der Waals surface area contributed by atoms with E-state index in [1.54, 1.807) is 12.4 Å². The van der Waals surface area contributed by atoms with Gasteiger partial charge >= 0.3 is 0 Å². The van der Waals surface area contributed by atoms with Gasteiger partial charge in [0.25, 0.3) is 0 Å². The van der Waals surface area contributed by atoms with E-state index in [-0.39, 0.29) is 5.78 Å². The van der Waals surface area contributed by atoms with E-state index in [1.807, 2.05) is 24.3 Å². The number of pyridine rings is 1. The lowest BCUT2D eigenvalue weighted by atomic mass is 10.0. The van der Waals surface area contributed by atoms with Crippen molar-refractivity contribution in [1.82, 2.24) is 9.88 Å². The number of carbonyl (C=O) groups excluding carboxylic acids is 1. The van der Waals surface area contributed by atoms with Crippen molar-refractivity contribution >= 4 is 16.6 Å². The van der Waals surface area contributed by atoms with Crippen molar-refractivity contribution in [2.24, 2.45) is 0 Å². The first kappa shape index (κ1) is 14.2. The van der Waals surface area contributed by atoms with Gasteiger partial charge in [0, 0.05) is 42.5 Å². The molecular weight excluding hydrogens is 264 g/mol. The molecule has 21 heavy (non-hydrogen) atoms. The van der Waals surface area contributed by atoms with Gasteiger partial charge in [-0.1, -0.05) is 24.3 Å². The predicted octanol–water partition coefficient (Wildman–Crippen LogP) is 2.53. The van der Waals surface area contributed by atoms with Gasteiger partial charge in [-0.15, -0.1) is 0 Å². The van der Waals surface area contributed by atoms with Crippen LogP contribution in [0, 0.1) is 0 Å². The molecule has 1 aliphatic heterocycles. The highest BCUT2D eigenvalue weighted by atomic mass is 16.5. The Labute approximate surface area is 124 Å². The lowest BCUT2D eigenvalue weighted by molar-refractivity contribution is -0.0255. The number of ether oxygens (including phenoxy) is 1. The van der Waals surface area contributed by atoms with Crippen LogP contribution in [0.15, 0.2) is 36.7 Å². The Hall–Kier alpha value is -1.78. The van der Waals surface area contributed by atoms with Gasteiger partial charge in [0.1, 0.15) is 6.10 Å². The molecule has 0 spiro atoms. The third-order valence-electron chi connectivity index (χ3n) is 4.05. The molecule has 2 aromatic rings. The number of benzene rings is 1. The fraction of sp³-hybridized carbons (Fsp3) is 0.412. The van der Waals surface area contributed by atoms with E-state index < -0.39 is 6.10 Å². The third kappa shape index (κ3) is 2.82. The van der Waals surface area contributed by atoms with Crippen molar-refractivity contribution in [2.75, 3.05) is 19.7 Å². The largest absolute Gasteiger partial charge is 0.367 e. The quantitative estimate of drug-likeness (QED) is 0.812. The average molecular weight is 284 g/mol. The number of ketones is 1. The first-order valence-corrected chi connectivity index (χ1v) is 7.39. The van der Waals surface area contributed by atoms with Crippen LogP contribution >= 0.6 is 0 Å². The van der Waals surface area contributed by atoms with E-state index in [0.29, 0.717) is 24.8 Å². The summed E-state index contributed by atoms with van der Waals surface area (Å²) in [6.07, 6.45) is 3.05. The SMILES string of the molecule is CC(C)N1CCOC(C(=O)c2cncc3ccccc23)C1. The van der Waals surface area contributed by atoms with Crippen molar-refractivity contribution in [1.29, 1.82) is 0 Å². The number of fused-ring (bicyclic) bond motifs is 1. The maximum absolute atomic E-state index is 12.8. The summed E-state index contributed by atoms with van der Waals surface area (Å²) < 4.78 is 5.70. The van der Waals surface area contributed by atoms with E-state index in [4.69, 9.17) is 4.74 Å². The van der Waals surface area contributed by atoms with E-state index in [1.165, 1.54) is 0 Å². The second kappa shape index (κ2) is 5.92. The standard InChI is InChI=1S/C17H20N2O2/c1-12(2)19-7-8-21-16(11-19)17(20)15-10-18-9-13-5-3-4-6-14(13)15/h3-6,9-10,12,16H,7-8,11H2,1-2H3. The van der Waals surface area contributed by atoms with Gasteiger partial charge in [0.15, 0.2) is 5.78 Å². The first-order valence-electron chi connectivity index (χ1n) is 7.39. The van der Waals surface area contributed by atoms with E-state index >= 15 is 0 Å². The highest BCUT2D eigenvalue weighted by molar-refractivity contribution is 6.09. The van der Waals surface area contributed by atoms with Crippen molar-refractivity contribution in [3.8, 4) is 0 Å². The number of aromatic nitrogens is 1. The first-order chi connectivity index (χ1) is 10.2. The molecule has 0 bridgehead atoms. The van der Waals surface area contributed by atoms with E-state index in [0.717, 1.165) is 17.3 Å². The fourth-order valence-corrected chi connectivity index (χ4v) is 2.78. The van der Waals surface area contributed by atoms with Gasteiger partial charge in [0.2, 0.25) is 0 Å². The molecule has 0 saturated carbocycles. The van der Waals surface area contributed by atoms with Crippen LogP contribution in [0.2, 0.25) is 0 Å². The Morgan fingerprint density at radius 3 is 2.95 bits per heavy atom. The summed E-state index contributed by atoms with van der Waals surface area (Å²) in [6, 6.07) is 8.26. The molecule has 1 atom stereocenters. The molecule has 4 heteroatoms. The predicted molar refractivity (Wildman–Crippen MR) is 82.5 cm³/mol. The zero-order valence-corrected chi connectivity index (χ0v) is 12.5. The highest BCUT2D eigenvalue weighted by Crippen LogP contribution is 2.21. The number of rotatable bonds is 3. The molecule has 1 fully saturated rings. The van der Waals surface area contributed by atoms with Crippen LogP contribution in [0.1, 0.15) is 24.2 Å². The molecular formula is C17H20N2O2. The molecule has 1 aromatic heterocycles. The van der Waals surface area contributed by atoms with Crippen LogP contribution in [0.3, 0.4) is 0 Å². The Kier molecular flexibility index (Phi) is 3.99. The molecule has 110 valence electrons. The van der Waals surface area contributed by atoms with Crippen molar-refractivity contribution in [3.63, 3.8) is 0 Å². The maximum Gasteiger partial charge on any atom is 0.195 e. The number of carbonyl (C=O) groups is 1. The van der Waals surface area contributed by atoms with Crippen LogP contribution in [-0.4, -0.2) is 47.5 Å². The fourth-order valence-electron chi connectivity index (χ4n) is 2.78. The Morgan fingerprint density at radius 2 is 2.14 bits per heavy atom. The van der Waals surface area contributed by atoms with Crippen molar-refractivity contribution < 1.29 is 9.53 Å². The molecule has 0 N–H and O–H groups in total. The number of Topliss-reactive ketones (excluding diaryl/α,β-unsaturated/α-hetero) is 1. The summed E-state index contributed by atoms with van der Waals surface area (Å²) >= 11 is 0. The van der Waals surface area contributed by atoms with E-state index in [2.05, 4.69) is 23.7 Å². The molecule has 0 aliphatic carbocycles. The normalized spacial score (nSPS) is 20.0. The van der Waals surface area contributed by atoms with Gasteiger partial charge in [-0.2, -0.15) is 0 Å². The van der Waals surface area contributed by atoms with Crippen molar-refractivity contribution in [3.05, 3.63) is 42.2 Å². The van der Waals surface area contributed by atoms with E-state index in [9.17, 15) is 4.79 Å². The number of morpholine rings is 1. The second-order valence-electron chi connectivity index (χ2n) is 5.72. The minimum absolute atomic E-state index is 0.0321. The lowest BCUT2D eigenvalue weighted by Gasteiger charge is -2.34. The maximum atomic E-state index is 12.8. The molecule has 4 nitrogen and oxygen atoms in total. The van der Waals surface area contributed by atoms with Gasteiger partial charge in [0.05, 0.1) is 6.61 Å². The Bertz CT molecular complexity index is 649. The van der Waals surface area contributed by atoms with Crippen LogP contribution in [-0.2, 0) is 4.74 Å². The summed E-state index contributed by atoms with van der Waals surface area (Å²) in [5.74, 6) is 0.0321. The monoisotopic (exact) mass is 284 g/mol. The molecule has 1 aliphatic rings. The highest BCUT2D eigenvalue weighted by Gasteiger charge is 2.29. The van der Waals surface area contributed by atoms with Gasteiger partial charge < -0.3 is 4.74 Å². The topological polar surface area (TPSA) is 42.4 Å². The minimum atomic E-state index is -0.395.